The molecule has 3 rings (SSSR count). The van der Waals surface area contributed by atoms with Crippen LogP contribution in [0, 0.1) is 0 Å². The maximum Gasteiger partial charge on any atom is 0.337 e. The number of aliphatic hydroxyl groups excluding tert-OH is 1. The lowest BCUT2D eigenvalue weighted by Gasteiger charge is -2.33. The van der Waals surface area contributed by atoms with Gasteiger partial charge < -0.3 is 24.6 Å². The highest BCUT2D eigenvalue weighted by Crippen LogP contribution is 2.38. The van der Waals surface area contributed by atoms with Crippen molar-refractivity contribution in [3.63, 3.8) is 0 Å². The van der Waals surface area contributed by atoms with E-state index >= 15 is 0 Å². The van der Waals surface area contributed by atoms with Crippen molar-refractivity contribution >= 4 is 11.9 Å². The third-order valence-electron chi connectivity index (χ3n) is 5.09. The fourth-order valence-electron chi connectivity index (χ4n) is 3.68. The first kappa shape index (κ1) is 19.8. The number of hydrogen-bond acceptors (Lipinski definition) is 6. The minimum Gasteiger partial charge on any atom is -0.464 e. The summed E-state index contributed by atoms with van der Waals surface area (Å²) in [5.41, 5.74) is 0.435. The maximum atomic E-state index is 12.6. The Balaban J connectivity index is 1.75. The number of nitrogens with one attached hydrogen (secondary N) is 1. The normalized spacial score (nSPS) is 23.6. The van der Waals surface area contributed by atoms with E-state index in [0.717, 1.165) is 32.1 Å². The van der Waals surface area contributed by atoms with Gasteiger partial charge >= 0.3 is 5.97 Å². The van der Waals surface area contributed by atoms with E-state index in [4.69, 9.17) is 14.2 Å². The smallest absolute Gasteiger partial charge is 0.337 e. The van der Waals surface area contributed by atoms with Gasteiger partial charge in [-0.2, -0.15) is 0 Å². The Morgan fingerprint density at radius 1 is 1.26 bits per heavy atom. The topological polar surface area (TPSA) is 94.1 Å². The van der Waals surface area contributed by atoms with Gasteiger partial charge in [-0.3, -0.25) is 4.79 Å². The van der Waals surface area contributed by atoms with Gasteiger partial charge in [0.1, 0.15) is 6.10 Å². The van der Waals surface area contributed by atoms with Crippen molar-refractivity contribution in [3.05, 3.63) is 35.9 Å². The van der Waals surface area contributed by atoms with E-state index in [9.17, 15) is 14.7 Å². The number of aliphatic hydroxyl groups is 1. The number of esters is 1. The highest BCUT2D eigenvalue weighted by Gasteiger charge is 2.48. The fourth-order valence-corrected chi connectivity index (χ4v) is 3.68. The molecule has 0 aromatic heterocycles. The molecule has 1 saturated heterocycles. The molecule has 0 radical (unpaired) electrons. The van der Waals surface area contributed by atoms with Crippen LogP contribution in [-0.2, 0) is 19.0 Å². The lowest BCUT2D eigenvalue weighted by molar-refractivity contribution is -0.193. The van der Waals surface area contributed by atoms with Crippen LogP contribution in [0.15, 0.2) is 30.3 Å². The monoisotopic (exact) mass is 377 g/mol. The summed E-state index contributed by atoms with van der Waals surface area (Å²) in [6.07, 6.45) is 2.54. The Bertz CT molecular complexity index is 643. The summed E-state index contributed by atoms with van der Waals surface area (Å²) in [5, 5.41) is 13.3. The van der Waals surface area contributed by atoms with Crippen LogP contribution in [0.4, 0.5) is 0 Å². The predicted molar refractivity (Wildman–Crippen MR) is 97.0 cm³/mol. The predicted octanol–water partition coefficient (Wildman–Crippen LogP) is 1.78. The standard InChI is InChI=1S/C20H27NO6/c1-2-25-19(24)17(22)16(21-18(23)14-9-5-3-6-10-14)15-13-26-20(27-15)11-7-4-8-12-20/h3,5-6,9-10,15-17,22H,2,4,7-8,11-13H2,1H3,(H,21,23)/t15-,16+,17-/m1/s1. The van der Waals surface area contributed by atoms with Crippen molar-refractivity contribution < 1.29 is 28.9 Å². The maximum absolute atomic E-state index is 12.6. The first-order valence-corrected chi connectivity index (χ1v) is 9.57. The highest BCUT2D eigenvalue weighted by molar-refractivity contribution is 5.94. The average Bonchev–Trinajstić information content (AvgIpc) is 3.09. The van der Waals surface area contributed by atoms with E-state index in [2.05, 4.69) is 5.32 Å². The zero-order chi connectivity index (χ0) is 19.3. The van der Waals surface area contributed by atoms with E-state index in [0.29, 0.717) is 5.56 Å². The third-order valence-corrected chi connectivity index (χ3v) is 5.09. The molecule has 1 aromatic rings. The second kappa shape index (κ2) is 8.82. The number of amides is 1. The zero-order valence-electron chi connectivity index (χ0n) is 15.6. The molecule has 1 saturated carbocycles. The highest BCUT2D eigenvalue weighted by atomic mass is 16.7. The number of ether oxygens (including phenoxy) is 3. The van der Waals surface area contributed by atoms with Gasteiger partial charge in [-0.05, 0) is 31.9 Å². The largest absolute Gasteiger partial charge is 0.464 e. The van der Waals surface area contributed by atoms with Crippen LogP contribution in [0.1, 0.15) is 49.4 Å². The summed E-state index contributed by atoms with van der Waals surface area (Å²) in [6.45, 7) is 2.01. The van der Waals surface area contributed by atoms with Crippen molar-refractivity contribution in [2.24, 2.45) is 0 Å². The summed E-state index contributed by atoms with van der Waals surface area (Å²) >= 11 is 0. The SMILES string of the molecule is CCOC(=O)[C@H](O)[C@@H](NC(=O)c1ccccc1)[C@H]1COC2(CCCCC2)O1. The molecular weight excluding hydrogens is 350 g/mol. The van der Waals surface area contributed by atoms with Crippen LogP contribution in [0.5, 0.6) is 0 Å². The Morgan fingerprint density at radius 2 is 1.96 bits per heavy atom. The fraction of sp³-hybridized carbons (Fsp3) is 0.600. The molecule has 2 N–H and O–H groups in total. The van der Waals surface area contributed by atoms with Gasteiger partial charge in [-0.15, -0.1) is 0 Å². The molecule has 2 fully saturated rings. The van der Waals surface area contributed by atoms with Gasteiger partial charge in [0.2, 0.25) is 0 Å². The van der Waals surface area contributed by atoms with E-state index < -0.39 is 35.9 Å². The van der Waals surface area contributed by atoms with E-state index in [1.807, 2.05) is 6.07 Å². The molecule has 0 bridgehead atoms. The van der Waals surface area contributed by atoms with E-state index in [1.165, 1.54) is 0 Å². The van der Waals surface area contributed by atoms with Crippen LogP contribution in [0.25, 0.3) is 0 Å². The van der Waals surface area contributed by atoms with Crippen LogP contribution < -0.4 is 5.32 Å². The number of benzene rings is 1. The van der Waals surface area contributed by atoms with Crippen molar-refractivity contribution in [2.45, 2.75) is 63.1 Å². The number of hydrogen-bond donors (Lipinski definition) is 2. The van der Waals surface area contributed by atoms with Crippen LogP contribution in [-0.4, -0.2) is 54.2 Å². The Hall–Kier alpha value is -1.96. The molecule has 0 unspecified atom stereocenters. The third kappa shape index (κ3) is 4.66. The van der Waals surface area contributed by atoms with Gasteiger partial charge in [-0.1, -0.05) is 24.6 Å². The van der Waals surface area contributed by atoms with Crippen LogP contribution in [0.2, 0.25) is 0 Å². The van der Waals surface area contributed by atoms with Gasteiger partial charge in [0.15, 0.2) is 11.9 Å². The Labute approximate surface area is 159 Å². The molecule has 7 heteroatoms. The average molecular weight is 377 g/mol. The molecule has 2 aliphatic rings. The summed E-state index contributed by atoms with van der Waals surface area (Å²) in [7, 11) is 0. The minimum absolute atomic E-state index is 0.140. The van der Waals surface area contributed by atoms with E-state index in [-0.39, 0.29) is 13.2 Å². The molecule has 3 atom stereocenters. The second-order valence-electron chi connectivity index (χ2n) is 7.00. The molecule has 1 aliphatic carbocycles. The van der Waals surface area contributed by atoms with Crippen molar-refractivity contribution in [3.8, 4) is 0 Å². The molecule has 1 aromatic carbocycles. The lowest BCUT2D eigenvalue weighted by atomic mass is 9.94. The molecule has 7 nitrogen and oxygen atoms in total. The van der Waals surface area contributed by atoms with Crippen LogP contribution >= 0.6 is 0 Å². The van der Waals surface area contributed by atoms with Crippen molar-refractivity contribution in [2.75, 3.05) is 13.2 Å². The second-order valence-corrected chi connectivity index (χ2v) is 7.00. The molecule has 1 amide bonds. The molecular formula is C20H27NO6. The summed E-state index contributed by atoms with van der Waals surface area (Å²) in [4.78, 5) is 24.7. The van der Waals surface area contributed by atoms with Crippen molar-refractivity contribution in [1.29, 1.82) is 0 Å². The Morgan fingerprint density at radius 3 is 2.63 bits per heavy atom. The first-order valence-electron chi connectivity index (χ1n) is 9.57. The number of rotatable bonds is 6. The van der Waals surface area contributed by atoms with Gasteiger partial charge in [0.05, 0.1) is 19.3 Å². The van der Waals surface area contributed by atoms with E-state index in [1.54, 1.807) is 31.2 Å². The summed E-state index contributed by atoms with van der Waals surface area (Å²) in [6, 6.07) is 7.67. The quantitative estimate of drug-likeness (QED) is 0.734. The van der Waals surface area contributed by atoms with Gasteiger partial charge in [-0.25, -0.2) is 4.79 Å². The first-order chi connectivity index (χ1) is 13.0. The molecule has 1 heterocycles. The van der Waals surface area contributed by atoms with Crippen LogP contribution in [0.3, 0.4) is 0 Å². The summed E-state index contributed by atoms with van der Waals surface area (Å²) in [5.74, 6) is -1.85. The minimum atomic E-state index is -1.54. The zero-order valence-corrected chi connectivity index (χ0v) is 15.6. The summed E-state index contributed by atoms with van der Waals surface area (Å²) < 4.78 is 17.0. The van der Waals surface area contributed by atoms with Crippen molar-refractivity contribution in [1.82, 2.24) is 5.32 Å². The molecule has 27 heavy (non-hydrogen) atoms. The molecule has 1 spiro atoms. The number of carbonyl (C=O) groups excluding carboxylic acids is 2. The van der Waals surface area contributed by atoms with Gasteiger partial charge in [0, 0.05) is 18.4 Å². The molecule has 148 valence electrons. The van der Waals surface area contributed by atoms with Gasteiger partial charge in [0.25, 0.3) is 5.91 Å². The Kier molecular flexibility index (Phi) is 6.46. The lowest BCUT2D eigenvalue weighted by Crippen LogP contribution is -2.55. The molecule has 1 aliphatic heterocycles. The number of carbonyl (C=O) groups is 2.